The van der Waals surface area contributed by atoms with Crippen molar-refractivity contribution in [3.8, 4) is 0 Å². The maximum atomic E-state index is 6.15. The van der Waals surface area contributed by atoms with Crippen molar-refractivity contribution < 1.29 is 0 Å². The van der Waals surface area contributed by atoms with Crippen LogP contribution in [0.4, 0.5) is 0 Å². The molecule has 0 saturated heterocycles. The van der Waals surface area contributed by atoms with E-state index < -0.39 is 0 Å². The van der Waals surface area contributed by atoms with Gasteiger partial charge in [0.25, 0.3) is 0 Å². The number of hydrogen-bond acceptors (Lipinski definition) is 0. The first-order valence-electron chi connectivity index (χ1n) is 6.39. The molecule has 0 amide bonds. The Morgan fingerprint density at radius 1 is 1.00 bits per heavy atom. The van der Waals surface area contributed by atoms with Crippen LogP contribution >= 0.6 is 11.6 Å². The Hall–Kier alpha value is 0.290. The Morgan fingerprint density at radius 3 is 2.29 bits per heavy atom. The number of hydrogen-bond donors (Lipinski definition) is 0. The van der Waals surface area contributed by atoms with Crippen LogP contribution in [0.25, 0.3) is 0 Å². The van der Waals surface area contributed by atoms with Crippen molar-refractivity contribution in [1.82, 2.24) is 0 Å². The van der Waals surface area contributed by atoms with E-state index in [1.54, 1.807) is 0 Å². The summed E-state index contributed by atoms with van der Waals surface area (Å²) in [4.78, 5) is 0. The topological polar surface area (TPSA) is 0 Å². The number of halogens is 1. The molecule has 0 unspecified atom stereocenters. The van der Waals surface area contributed by atoms with Crippen molar-refractivity contribution in [1.29, 1.82) is 0 Å². The third kappa shape index (κ3) is 3.81. The molecular formula is C13H25Cl. The predicted molar refractivity (Wildman–Crippen MR) is 65.0 cm³/mol. The fourth-order valence-electron chi connectivity index (χ4n) is 2.68. The second-order valence-electron chi connectivity index (χ2n) is 5.00. The van der Waals surface area contributed by atoms with Gasteiger partial charge in [0.15, 0.2) is 0 Å². The highest BCUT2D eigenvalue weighted by Crippen LogP contribution is 2.41. The zero-order valence-corrected chi connectivity index (χ0v) is 10.4. The molecule has 0 nitrogen and oxygen atoms in total. The Labute approximate surface area is 94.4 Å². The van der Waals surface area contributed by atoms with Crippen LogP contribution in [-0.4, -0.2) is 5.88 Å². The van der Waals surface area contributed by atoms with Gasteiger partial charge < -0.3 is 0 Å². The first kappa shape index (κ1) is 12.4. The average Bonchev–Trinajstić information content (AvgIpc) is 2.26. The molecule has 1 heteroatoms. The summed E-state index contributed by atoms with van der Waals surface area (Å²) in [5.74, 6) is 0.902. The van der Waals surface area contributed by atoms with Gasteiger partial charge >= 0.3 is 0 Å². The Morgan fingerprint density at radius 2 is 1.71 bits per heavy atom. The highest BCUT2D eigenvalue weighted by molar-refractivity contribution is 6.18. The second kappa shape index (κ2) is 6.71. The summed E-state index contributed by atoms with van der Waals surface area (Å²) in [5.41, 5.74) is 0.535. The summed E-state index contributed by atoms with van der Waals surface area (Å²) in [5, 5.41) is 0. The standard InChI is InChI=1S/C13H25Cl/c1-2-3-4-6-9-13(12-14)10-7-5-8-11-13/h2-12H2,1H3. The molecule has 0 N–H and O–H groups in total. The lowest BCUT2D eigenvalue weighted by molar-refractivity contribution is 0.197. The monoisotopic (exact) mass is 216 g/mol. The highest BCUT2D eigenvalue weighted by Gasteiger charge is 2.30. The van der Waals surface area contributed by atoms with Crippen molar-refractivity contribution >= 4 is 11.6 Å². The summed E-state index contributed by atoms with van der Waals surface area (Å²) in [6.07, 6.45) is 14.0. The lowest BCUT2D eigenvalue weighted by Gasteiger charge is -2.35. The summed E-state index contributed by atoms with van der Waals surface area (Å²) in [6, 6.07) is 0. The summed E-state index contributed by atoms with van der Waals surface area (Å²) < 4.78 is 0. The van der Waals surface area contributed by atoms with Crippen LogP contribution in [0.3, 0.4) is 0 Å². The van der Waals surface area contributed by atoms with E-state index >= 15 is 0 Å². The average molecular weight is 217 g/mol. The van der Waals surface area contributed by atoms with Gasteiger partial charge in [0.2, 0.25) is 0 Å². The third-order valence-electron chi connectivity index (χ3n) is 3.76. The Balaban J connectivity index is 2.22. The molecule has 1 saturated carbocycles. The van der Waals surface area contributed by atoms with E-state index in [0.29, 0.717) is 5.41 Å². The smallest absolute Gasteiger partial charge is 0.0279 e. The van der Waals surface area contributed by atoms with E-state index in [9.17, 15) is 0 Å². The third-order valence-corrected chi connectivity index (χ3v) is 4.33. The van der Waals surface area contributed by atoms with Crippen LogP contribution in [0.5, 0.6) is 0 Å². The predicted octanol–water partition coefficient (Wildman–Crippen LogP) is 5.15. The quantitative estimate of drug-likeness (QED) is 0.426. The fourth-order valence-corrected chi connectivity index (χ4v) is 3.08. The van der Waals surface area contributed by atoms with E-state index in [-0.39, 0.29) is 0 Å². The van der Waals surface area contributed by atoms with Crippen LogP contribution in [0.15, 0.2) is 0 Å². The summed E-state index contributed by atoms with van der Waals surface area (Å²) >= 11 is 6.15. The molecule has 0 aromatic heterocycles. The summed E-state index contributed by atoms with van der Waals surface area (Å²) in [7, 11) is 0. The molecule has 0 radical (unpaired) electrons. The van der Waals surface area contributed by atoms with E-state index in [4.69, 9.17) is 11.6 Å². The normalized spacial score (nSPS) is 21.0. The van der Waals surface area contributed by atoms with Gasteiger partial charge in [-0.3, -0.25) is 0 Å². The molecule has 0 heterocycles. The van der Waals surface area contributed by atoms with Crippen molar-refractivity contribution in [2.45, 2.75) is 71.1 Å². The van der Waals surface area contributed by atoms with Crippen LogP contribution in [0.1, 0.15) is 71.1 Å². The Kier molecular flexibility index (Phi) is 5.93. The van der Waals surface area contributed by atoms with Gasteiger partial charge in [-0.1, -0.05) is 51.9 Å². The molecule has 1 fully saturated rings. The van der Waals surface area contributed by atoms with Crippen LogP contribution < -0.4 is 0 Å². The lowest BCUT2D eigenvalue weighted by Crippen LogP contribution is -2.25. The minimum atomic E-state index is 0.535. The lowest BCUT2D eigenvalue weighted by atomic mass is 9.72. The SMILES string of the molecule is CCCCCCC1(CCl)CCCCC1. The molecule has 0 aromatic rings. The van der Waals surface area contributed by atoms with Crippen LogP contribution in [0, 0.1) is 5.41 Å². The first-order valence-corrected chi connectivity index (χ1v) is 6.92. The van der Waals surface area contributed by atoms with Crippen molar-refractivity contribution in [2.24, 2.45) is 5.41 Å². The van der Waals surface area contributed by atoms with E-state index in [1.165, 1.54) is 64.2 Å². The fraction of sp³-hybridized carbons (Fsp3) is 1.00. The maximum Gasteiger partial charge on any atom is 0.0279 e. The molecule has 1 aliphatic rings. The molecule has 84 valence electrons. The zero-order valence-electron chi connectivity index (χ0n) is 9.66. The van der Waals surface area contributed by atoms with Crippen molar-refractivity contribution in [3.05, 3.63) is 0 Å². The van der Waals surface area contributed by atoms with E-state index in [1.807, 2.05) is 0 Å². The van der Waals surface area contributed by atoms with E-state index in [2.05, 4.69) is 6.92 Å². The number of unbranched alkanes of at least 4 members (excludes halogenated alkanes) is 3. The van der Waals surface area contributed by atoms with Crippen molar-refractivity contribution in [3.63, 3.8) is 0 Å². The number of rotatable bonds is 6. The molecule has 0 bridgehead atoms. The molecule has 0 aromatic carbocycles. The minimum Gasteiger partial charge on any atom is -0.126 e. The van der Waals surface area contributed by atoms with Crippen molar-refractivity contribution in [2.75, 3.05) is 5.88 Å². The van der Waals surface area contributed by atoms with Crippen LogP contribution in [0.2, 0.25) is 0 Å². The second-order valence-corrected chi connectivity index (χ2v) is 5.27. The van der Waals surface area contributed by atoms with E-state index in [0.717, 1.165) is 5.88 Å². The minimum absolute atomic E-state index is 0.535. The van der Waals surface area contributed by atoms with Gasteiger partial charge in [-0.2, -0.15) is 0 Å². The first-order chi connectivity index (χ1) is 6.83. The molecule has 1 aliphatic carbocycles. The van der Waals surface area contributed by atoms with Gasteiger partial charge in [-0.15, -0.1) is 11.6 Å². The highest BCUT2D eigenvalue weighted by atomic mass is 35.5. The van der Waals surface area contributed by atoms with Gasteiger partial charge in [-0.25, -0.2) is 0 Å². The van der Waals surface area contributed by atoms with Gasteiger partial charge in [0, 0.05) is 5.88 Å². The number of alkyl halides is 1. The van der Waals surface area contributed by atoms with Gasteiger partial charge in [0.1, 0.15) is 0 Å². The molecule has 0 atom stereocenters. The molecular weight excluding hydrogens is 192 g/mol. The maximum absolute atomic E-state index is 6.15. The van der Waals surface area contributed by atoms with Gasteiger partial charge in [-0.05, 0) is 24.7 Å². The molecule has 0 aliphatic heterocycles. The van der Waals surface area contributed by atoms with Gasteiger partial charge in [0.05, 0.1) is 0 Å². The van der Waals surface area contributed by atoms with Crippen LogP contribution in [-0.2, 0) is 0 Å². The molecule has 0 spiro atoms. The summed E-state index contributed by atoms with van der Waals surface area (Å²) in [6.45, 7) is 2.28. The zero-order chi connectivity index (χ0) is 10.3. The largest absolute Gasteiger partial charge is 0.126 e. The molecule has 14 heavy (non-hydrogen) atoms. The molecule has 1 rings (SSSR count). The Bertz CT molecular complexity index is 136.